The van der Waals surface area contributed by atoms with Gasteiger partial charge in [-0.1, -0.05) is 12.1 Å². The molecule has 166 valence electrons. The van der Waals surface area contributed by atoms with Crippen molar-refractivity contribution in [3.63, 3.8) is 0 Å². The molecule has 2 aliphatic rings. The smallest absolute Gasteiger partial charge is 0.337 e. The van der Waals surface area contributed by atoms with Crippen LogP contribution in [0, 0.1) is 19.7 Å². The molecular weight excluding hydrogens is 395 g/mol. The Bertz CT molecular complexity index is 1030. The van der Waals surface area contributed by atoms with E-state index >= 15 is 4.39 Å². The molecule has 0 saturated heterocycles. The lowest BCUT2D eigenvalue weighted by atomic mass is 9.83. The molecule has 1 atom stereocenters. The number of ether oxygens (including phenoxy) is 2. The van der Waals surface area contributed by atoms with Crippen LogP contribution in [0.25, 0.3) is 11.1 Å². The average molecular weight is 427 g/mol. The number of halogens is 1. The predicted octanol–water partition coefficient (Wildman–Crippen LogP) is 6.25. The number of carboxylic acid groups (broad SMARTS) is 1. The summed E-state index contributed by atoms with van der Waals surface area (Å²) in [5.41, 5.74) is 5.34. The van der Waals surface area contributed by atoms with Crippen LogP contribution in [0.2, 0.25) is 0 Å². The lowest BCUT2D eigenvalue weighted by Gasteiger charge is -2.30. The van der Waals surface area contributed by atoms with E-state index in [1.807, 2.05) is 40.7 Å². The molecule has 0 amide bonds. The lowest BCUT2D eigenvalue weighted by Crippen LogP contribution is -2.28. The van der Waals surface area contributed by atoms with Gasteiger partial charge in [0.25, 0.3) is 0 Å². The van der Waals surface area contributed by atoms with Crippen molar-refractivity contribution in [3.05, 3.63) is 51.8 Å². The second-order valence-corrected chi connectivity index (χ2v) is 9.77. The van der Waals surface area contributed by atoms with Gasteiger partial charge in [0, 0.05) is 11.1 Å². The summed E-state index contributed by atoms with van der Waals surface area (Å²) in [6, 6.07) is 5.58. The van der Waals surface area contributed by atoms with Crippen molar-refractivity contribution in [2.75, 3.05) is 6.61 Å². The minimum Gasteiger partial charge on any atom is -0.490 e. The SMILES string of the molecule is Cc1ccc(C2CC2)c(-c2cc(F)c3c(c2C)CCCO3)c1C(OC(C)(C)C)C(=O)O. The number of carboxylic acids is 1. The lowest BCUT2D eigenvalue weighted by molar-refractivity contribution is -0.160. The summed E-state index contributed by atoms with van der Waals surface area (Å²) in [4.78, 5) is 12.4. The molecule has 0 radical (unpaired) electrons. The fourth-order valence-corrected chi connectivity index (χ4v) is 4.62. The number of benzene rings is 2. The molecule has 1 aliphatic heterocycles. The predicted molar refractivity (Wildman–Crippen MR) is 118 cm³/mol. The molecule has 0 bridgehead atoms. The third-order valence-corrected chi connectivity index (χ3v) is 6.18. The molecule has 5 heteroatoms. The van der Waals surface area contributed by atoms with E-state index in [-0.39, 0.29) is 5.82 Å². The van der Waals surface area contributed by atoms with E-state index in [0.29, 0.717) is 23.8 Å². The van der Waals surface area contributed by atoms with Gasteiger partial charge in [0.05, 0.1) is 12.2 Å². The van der Waals surface area contributed by atoms with E-state index in [2.05, 4.69) is 6.07 Å². The Morgan fingerprint density at radius 3 is 2.58 bits per heavy atom. The first-order chi connectivity index (χ1) is 14.6. The highest BCUT2D eigenvalue weighted by molar-refractivity contribution is 5.85. The van der Waals surface area contributed by atoms with Crippen LogP contribution in [0.15, 0.2) is 18.2 Å². The highest BCUT2D eigenvalue weighted by Gasteiger charge is 2.36. The maximum Gasteiger partial charge on any atom is 0.337 e. The van der Waals surface area contributed by atoms with E-state index in [9.17, 15) is 9.90 Å². The number of hydrogen-bond donors (Lipinski definition) is 1. The Kier molecular flexibility index (Phi) is 5.59. The van der Waals surface area contributed by atoms with Gasteiger partial charge >= 0.3 is 5.97 Å². The molecule has 4 rings (SSSR count). The molecule has 31 heavy (non-hydrogen) atoms. The zero-order valence-corrected chi connectivity index (χ0v) is 19.0. The van der Waals surface area contributed by atoms with Crippen LogP contribution in [0.4, 0.5) is 4.39 Å². The van der Waals surface area contributed by atoms with Crippen LogP contribution in [0.1, 0.15) is 79.9 Å². The van der Waals surface area contributed by atoms with E-state index < -0.39 is 17.7 Å². The van der Waals surface area contributed by atoms with Crippen molar-refractivity contribution in [2.24, 2.45) is 0 Å². The van der Waals surface area contributed by atoms with Gasteiger partial charge in [0.2, 0.25) is 0 Å². The molecule has 1 N–H and O–H groups in total. The molecule has 1 fully saturated rings. The van der Waals surface area contributed by atoms with Crippen LogP contribution in [0.5, 0.6) is 5.75 Å². The number of fused-ring (bicyclic) bond motifs is 1. The summed E-state index contributed by atoms with van der Waals surface area (Å²) in [5.74, 6) is -0.705. The Labute approximate surface area is 183 Å². The normalized spacial score (nSPS) is 17.1. The van der Waals surface area contributed by atoms with Crippen molar-refractivity contribution in [1.82, 2.24) is 0 Å². The molecule has 0 aromatic heterocycles. The van der Waals surface area contributed by atoms with Crippen molar-refractivity contribution >= 4 is 5.97 Å². The maximum atomic E-state index is 15.1. The monoisotopic (exact) mass is 426 g/mol. The van der Waals surface area contributed by atoms with Gasteiger partial charge in [-0.25, -0.2) is 9.18 Å². The second-order valence-electron chi connectivity index (χ2n) is 9.77. The van der Waals surface area contributed by atoms with Crippen LogP contribution < -0.4 is 4.74 Å². The molecule has 1 aliphatic carbocycles. The van der Waals surface area contributed by atoms with Gasteiger partial charge in [-0.05, 0) is 100 Å². The summed E-state index contributed by atoms with van der Waals surface area (Å²) in [7, 11) is 0. The van der Waals surface area contributed by atoms with Crippen molar-refractivity contribution in [3.8, 4) is 16.9 Å². The van der Waals surface area contributed by atoms with Crippen LogP contribution in [0.3, 0.4) is 0 Å². The Hall–Kier alpha value is -2.40. The van der Waals surface area contributed by atoms with Gasteiger partial charge in [0.1, 0.15) is 0 Å². The highest BCUT2D eigenvalue weighted by atomic mass is 19.1. The molecule has 2 aromatic rings. The summed E-state index contributed by atoms with van der Waals surface area (Å²) in [6.45, 7) is 9.97. The number of hydrogen-bond acceptors (Lipinski definition) is 3. The van der Waals surface area contributed by atoms with Crippen LogP contribution in [-0.4, -0.2) is 23.3 Å². The van der Waals surface area contributed by atoms with E-state index in [4.69, 9.17) is 9.47 Å². The zero-order chi connectivity index (χ0) is 22.5. The Balaban J connectivity index is 2.01. The largest absolute Gasteiger partial charge is 0.490 e. The molecule has 1 unspecified atom stereocenters. The minimum absolute atomic E-state index is 0.343. The fraction of sp³-hybridized carbons (Fsp3) is 0.500. The minimum atomic E-state index is -1.14. The molecule has 2 aromatic carbocycles. The average Bonchev–Trinajstić information content (AvgIpc) is 3.53. The molecule has 0 spiro atoms. The van der Waals surface area contributed by atoms with Crippen LogP contribution >= 0.6 is 0 Å². The molecular formula is C26H31FO4. The fourth-order valence-electron chi connectivity index (χ4n) is 4.62. The zero-order valence-electron chi connectivity index (χ0n) is 19.0. The van der Waals surface area contributed by atoms with Gasteiger partial charge < -0.3 is 14.6 Å². The summed E-state index contributed by atoms with van der Waals surface area (Å²) < 4.78 is 26.8. The summed E-state index contributed by atoms with van der Waals surface area (Å²) in [6.07, 6.45) is 2.58. The van der Waals surface area contributed by atoms with E-state index in [1.54, 1.807) is 0 Å². The van der Waals surface area contributed by atoms with Crippen molar-refractivity contribution < 1.29 is 23.8 Å². The van der Waals surface area contributed by atoms with Crippen molar-refractivity contribution in [2.45, 2.75) is 77.9 Å². The Morgan fingerprint density at radius 2 is 1.97 bits per heavy atom. The summed E-state index contributed by atoms with van der Waals surface area (Å²) >= 11 is 0. The second kappa shape index (κ2) is 7.94. The van der Waals surface area contributed by atoms with Gasteiger partial charge in [-0.2, -0.15) is 0 Å². The van der Waals surface area contributed by atoms with Gasteiger partial charge in [0.15, 0.2) is 17.7 Å². The van der Waals surface area contributed by atoms with Crippen LogP contribution in [-0.2, 0) is 16.0 Å². The molecule has 1 heterocycles. The van der Waals surface area contributed by atoms with E-state index in [1.165, 1.54) is 6.07 Å². The first-order valence-corrected chi connectivity index (χ1v) is 11.1. The first-order valence-electron chi connectivity index (χ1n) is 11.1. The molecule has 4 nitrogen and oxygen atoms in total. The number of aliphatic carboxylic acids is 1. The van der Waals surface area contributed by atoms with Crippen molar-refractivity contribution in [1.29, 1.82) is 0 Å². The van der Waals surface area contributed by atoms with E-state index in [0.717, 1.165) is 59.1 Å². The maximum absolute atomic E-state index is 15.1. The highest BCUT2D eigenvalue weighted by Crippen LogP contribution is 2.50. The first kappa shape index (κ1) is 21.8. The van der Waals surface area contributed by atoms with Gasteiger partial charge in [-0.3, -0.25) is 0 Å². The standard InChI is InChI=1S/C26H31FO4/c1-14-8-11-18(16-9-10-16)22(21(14)24(25(28)29)31-26(3,4)5)19-13-20(27)23-17(15(19)2)7-6-12-30-23/h8,11,13,16,24H,6-7,9-10,12H2,1-5H3,(H,28,29). The molecule has 1 saturated carbocycles. The number of carbonyl (C=O) groups is 1. The number of rotatable bonds is 5. The third kappa shape index (κ3) is 4.20. The Morgan fingerprint density at radius 1 is 1.26 bits per heavy atom. The third-order valence-electron chi connectivity index (χ3n) is 6.18. The quantitative estimate of drug-likeness (QED) is 0.614. The van der Waals surface area contributed by atoms with Gasteiger partial charge in [-0.15, -0.1) is 0 Å². The summed E-state index contributed by atoms with van der Waals surface area (Å²) in [5, 5.41) is 10.1. The topological polar surface area (TPSA) is 55.8 Å². The number of aryl methyl sites for hydroxylation is 1.